The van der Waals surface area contributed by atoms with Crippen LogP contribution in [0, 0.1) is 6.92 Å². The molecule has 1 saturated heterocycles. The van der Waals surface area contributed by atoms with Crippen molar-refractivity contribution in [2.24, 2.45) is 0 Å². The predicted octanol–water partition coefficient (Wildman–Crippen LogP) is 4.80. The molecule has 1 amide bonds. The topological polar surface area (TPSA) is 61.4 Å². The number of nitrogens with one attached hydrogen (secondary N) is 1. The van der Waals surface area contributed by atoms with E-state index in [2.05, 4.69) is 44.3 Å². The maximum Gasteiger partial charge on any atom is 0.258 e. The highest BCUT2D eigenvalue weighted by molar-refractivity contribution is 6.30. The van der Waals surface area contributed by atoms with E-state index in [1.54, 1.807) is 12.1 Å². The molecular weight excluding hydrogens is 410 g/mol. The Kier molecular flexibility index (Phi) is 6.37. The van der Waals surface area contributed by atoms with Crippen LogP contribution in [0.2, 0.25) is 5.02 Å². The number of nitrogens with zero attached hydrogens (tertiary/aromatic N) is 4. The fourth-order valence-electron chi connectivity index (χ4n) is 4.04. The molecule has 0 unspecified atom stereocenters. The summed E-state index contributed by atoms with van der Waals surface area (Å²) >= 11 is 5.89. The third kappa shape index (κ3) is 4.97. The Morgan fingerprint density at radius 2 is 1.90 bits per heavy atom. The number of para-hydroxylation sites is 1. The number of benzene rings is 1. The van der Waals surface area contributed by atoms with Crippen molar-refractivity contribution in [1.29, 1.82) is 0 Å². The van der Waals surface area contributed by atoms with Crippen LogP contribution in [-0.2, 0) is 0 Å². The number of carbonyl (C=O) groups excluding carboxylic acids is 1. The number of aryl methyl sites for hydroxylation is 1. The van der Waals surface area contributed by atoms with Gasteiger partial charge >= 0.3 is 0 Å². The molecule has 3 heterocycles. The van der Waals surface area contributed by atoms with Crippen LogP contribution in [0.3, 0.4) is 0 Å². The molecule has 2 aromatic heterocycles. The highest BCUT2D eigenvalue weighted by Gasteiger charge is 2.25. The lowest BCUT2D eigenvalue weighted by Gasteiger charge is -2.39. The molecule has 1 aliphatic heterocycles. The Hall–Kier alpha value is -3.12. The van der Waals surface area contributed by atoms with Gasteiger partial charge in [0.2, 0.25) is 0 Å². The van der Waals surface area contributed by atoms with Crippen LogP contribution in [-0.4, -0.2) is 42.1 Å². The minimum Gasteiger partial charge on any atom is -0.371 e. The molecule has 1 fully saturated rings. The molecule has 1 aromatic carbocycles. The summed E-state index contributed by atoms with van der Waals surface area (Å²) in [6, 6.07) is 15.7. The first-order valence-electron chi connectivity index (χ1n) is 10.4. The molecule has 7 heteroatoms. The maximum absolute atomic E-state index is 13.0. The highest BCUT2D eigenvalue weighted by Crippen LogP contribution is 2.28. The van der Waals surface area contributed by atoms with Crippen LogP contribution >= 0.6 is 11.6 Å². The number of hydrogen-bond acceptors (Lipinski definition) is 5. The van der Waals surface area contributed by atoms with E-state index in [0.29, 0.717) is 22.4 Å². The second-order valence-electron chi connectivity index (χ2n) is 7.82. The van der Waals surface area contributed by atoms with Gasteiger partial charge in [0, 0.05) is 55.6 Å². The van der Waals surface area contributed by atoms with E-state index in [1.165, 1.54) is 11.9 Å². The Morgan fingerprint density at radius 3 is 2.61 bits per heavy atom. The number of hydrogen-bond donors (Lipinski definition) is 1. The quantitative estimate of drug-likeness (QED) is 0.624. The van der Waals surface area contributed by atoms with Crippen molar-refractivity contribution in [3.63, 3.8) is 0 Å². The van der Waals surface area contributed by atoms with Gasteiger partial charge in [0.05, 0.1) is 10.6 Å². The van der Waals surface area contributed by atoms with Crippen LogP contribution in [0.25, 0.3) is 0 Å². The van der Waals surface area contributed by atoms with E-state index in [-0.39, 0.29) is 5.91 Å². The number of aromatic nitrogens is 2. The molecule has 0 atom stereocenters. The maximum atomic E-state index is 13.0. The number of halogens is 1. The lowest BCUT2D eigenvalue weighted by Crippen LogP contribution is -2.44. The summed E-state index contributed by atoms with van der Waals surface area (Å²) in [6.07, 6.45) is 5.43. The van der Waals surface area contributed by atoms with Gasteiger partial charge in [-0.1, -0.05) is 23.7 Å². The van der Waals surface area contributed by atoms with Crippen molar-refractivity contribution in [2.75, 3.05) is 35.3 Å². The van der Waals surface area contributed by atoms with Crippen molar-refractivity contribution >= 4 is 34.7 Å². The summed E-state index contributed by atoms with van der Waals surface area (Å²) < 4.78 is 0. The van der Waals surface area contributed by atoms with Gasteiger partial charge in [-0.2, -0.15) is 0 Å². The van der Waals surface area contributed by atoms with Crippen LogP contribution in [0.4, 0.5) is 17.2 Å². The summed E-state index contributed by atoms with van der Waals surface area (Å²) in [4.78, 5) is 26.1. The van der Waals surface area contributed by atoms with E-state index in [9.17, 15) is 4.79 Å². The molecule has 0 spiro atoms. The summed E-state index contributed by atoms with van der Waals surface area (Å²) in [5, 5.41) is 3.40. The largest absolute Gasteiger partial charge is 0.371 e. The molecule has 160 valence electrons. The number of pyridine rings is 2. The van der Waals surface area contributed by atoms with Crippen molar-refractivity contribution in [3.8, 4) is 0 Å². The van der Waals surface area contributed by atoms with Crippen molar-refractivity contribution in [1.82, 2.24) is 9.97 Å². The smallest absolute Gasteiger partial charge is 0.258 e. The van der Waals surface area contributed by atoms with Gasteiger partial charge in [0.15, 0.2) is 0 Å². The fourth-order valence-corrected chi connectivity index (χ4v) is 4.15. The molecule has 0 saturated carbocycles. The molecule has 31 heavy (non-hydrogen) atoms. The van der Waals surface area contributed by atoms with Crippen molar-refractivity contribution < 1.29 is 4.79 Å². The van der Waals surface area contributed by atoms with Crippen LogP contribution in [0.5, 0.6) is 0 Å². The number of carbonyl (C=O) groups is 1. The summed E-state index contributed by atoms with van der Waals surface area (Å²) in [5.74, 6) is 0.301. The SMILES string of the molecule is Cc1cc(N2CCC(N(C)c3ccccc3C(=O)Nc3ccc(Cl)cn3)CC2)ccn1. The highest BCUT2D eigenvalue weighted by atomic mass is 35.5. The van der Waals surface area contributed by atoms with Gasteiger partial charge < -0.3 is 15.1 Å². The molecule has 4 rings (SSSR count). The zero-order valence-electron chi connectivity index (χ0n) is 17.8. The number of amides is 1. The predicted molar refractivity (Wildman–Crippen MR) is 126 cm³/mol. The normalized spacial score (nSPS) is 14.4. The summed E-state index contributed by atoms with van der Waals surface area (Å²) in [7, 11) is 2.07. The Balaban J connectivity index is 1.45. The Morgan fingerprint density at radius 1 is 1.13 bits per heavy atom. The van der Waals surface area contributed by atoms with Gasteiger partial charge in [0.25, 0.3) is 5.91 Å². The first-order valence-corrected chi connectivity index (χ1v) is 10.8. The first-order chi connectivity index (χ1) is 15.0. The molecule has 3 aromatic rings. The van der Waals surface area contributed by atoms with Crippen LogP contribution in [0.15, 0.2) is 60.9 Å². The van der Waals surface area contributed by atoms with Gasteiger partial charge in [-0.15, -0.1) is 0 Å². The minimum absolute atomic E-state index is 0.179. The van der Waals surface area contributed by atoms with Gasteiger partial charge in [-0.25, -0.2) is 4.98 Å². The summed E-state index contributed by atoms with van der Waals surface area (Å²) in [5.41, 5.74) is 3.82. The fraction of sp³-hybridized carbons (Fsp3) is 0.292. The lowest BCUT2D eigenvalue weighted by molar-refractivity contribution is 0.102. The number of rotatable bonds is 5. The molecule has 1 N–H and O–H groups in total. The summed E-state index contributed by atoms with van der Waals surface area (Å²) in [6.45, 7) is 3.97. The van der Waals surface area contributed by atoms with Gasteiger partial charge in [0.1, 0.15) is 5.82 Å². The number of piperidine rings is 1. The second-order valence-corrected chi connectivity index (χ2v) is 8.25. The lowest BCUT2D eigenvalue weighted by atomic mass is 10.0. The van der Waals surface area contributed by atoms with E-state index in [4.69, 9.17) is 11.6 Å². The molecule has 0 radical (unpaired) electrons. The molecular formula is C24H26ClN5O. The monoisotopic (exact) mass is 435 g/mol. The second kappa shape index (κ2) is 9.35. The third-order valence-corrected chi connectivity index (χ3v) is 5.98. The molecule has 0 aliphatic carbocycles. The minimum atomic E-state index is -0.179. The van der Waals surface area contributed by atoms with E-state index >= 15 is 0 Å². The zero-order chi connectivity index (χ0) is 21.8. The zero-order valence-corrected chi connectivity index (χ0v) is 18.5. The van der Waals surface area contributed by atoms with E-state index in [0.717, 1.165) is 37.3 Å². The van der Waals surface area contributed by atoms with Crippen molar-refractivity contribution in [3.05, 3.63) is 77.2 Å². The van der Waals surface area contributed by atoms with E-state index < -0.39 is 0 Å². The van der Waals surface area contributed by atoms with E-state index in [1.807, 2.05) is 37.4 Å². The standard InChI is InChI=1S/C24H26ClN5O/c1-17-15-20(9-12-26-17)30-13-10-19(11-14-30)29(2)22-6-4-3-5-21(22)24(31)28-23-8-7-18(25)16-27-23/h3-9,12,15-16,19H,10-11,13-14H2,1-2H3,(H,27,28,31). The molecule has 6 nitrogen and oxygen atoms in total. The van der Waals surface area contributed by atoms with Gasteiger partial charge in [-0.3, -0.25) is 9.78 Å². The first kappa shape index (κ1) is 21.1. The van der Waals surface area contributed by atoms with Crippen molar-refractivity contribution in [2.45, 2.75) is 25.8 Å². The van der Waals surface area contributed by atoms with Gasteiger partial charge in [-0.05, 0) is 56.2 Å². The average molecular weight is 436 g/mol. The Bertz CT molecular complexity index is 1050. The molecule has 0 bridgehead atoms. The van der Waals surface area contributed by atoms with Crippen LogP contribution < -0.4 is 15.1 Å². The number of anilines is 3. The van der Waals surface area contributed by atoms with Crippen LogP contribution in [0.1, 0.15) is 28.9 Å². The molecule has 1 aliphatic rings. The Labute approximate surface area is 187 Å². The third-order valence-electron chi connectivity index (χ3n) is 5.76. The average Bonchev–Trinajstić information content (AvgIpc) is 2.80.